The van der Waals surface area contributed by atoms with Crippen LogP contribution in [0.4, 0.5) is 17.1 Å². The molecule has 0 radical (unpaired) electrons. The van der Waals surface area contributed by atoms with Gasteiger partial charge in [0.15, 0.2) is 0 Å². The third kappa shape index (κ3) is 7.47. The van der Waals surface area contributed by atoms with Crippen molar-refractivity contribution in [2.24, 2.45) is 5.92 Å². The van der Waals surface area contributed by atoms with Crippen LogP contribution >= 0.6 is 0 Å². The van der Waals surface area contributed by atoms with E-state index in [9.17, 15) is 9.59 Å². The monoisotopic (exact) mass is 431 g/mol. The van der Waals surface area contributed by atoms with Gasteiger partial charge in [-0.2, -0.15) is 0 Å². The van der Waals surface area contributed by atoms with Crippen LogP contribution in [-0.2, 0) is 16.0 Å². The van der Waals surface area contributed by atoms with Crippen molar-refractivity contribution in [1.29, 1.82) is 0 Å². The van der Waals surface area contributed by atoms with E-state index in [1.807, 2.05) is 74.5 Å². The number of nitrogens with one attached hydrogen (secondary N) is 3. The summed E-state index contributed by atoms with van der Waals surface area (Å²) in [5.74, 6) is 0.446. The molecule has 3 aromatic rings. The predicted molar refractivity (Wildman–Crippen MR) is 129 cm³/mol. The fraction of sp³-hybridized carbons (Fsp3) is 0.231. The van der Waals surface area contributed by atoms with Crippen molar-refractivity contribution in [3.8, 4) is 5.75 Å². The molecule has 166 valence electrons. The highest BCUT2D eigenvalue weighted by atomic mass is 16.5. The molecule has 0 saturated carbocycles. The summed E-state index contributed by atoms with van der Waals surface area (Å²) in [6.45, 7) is 4.38. The second kappa shape index (κ2) is 11.6. The third-order valence-corrected chi connectivity index (χ3v) is 4.75. The molecule has 0 atom stereocenters. The number of carbonyl (C=O) groups excluding carboxylic acids is 2. The first-order valence-corrected chi connectivity index (χ1v) is 10.7. The number of anilines is 3. The number of rotatable bonds is 10. The summed E-state index contributed by atoms with van der Waals surface area (Å²) < 4.78 is 5.77. The number of hydrogen-bond donors (Lipinski definition) is 3. The fourth-order valence-electron chi connectivity index (χ4n) is 2.95. The van der Waals surface area contributed by atoms with E-state index in [-0.39, 0.29) is 24.3 Å². The highest BCUT2D eigenvalue weighted by molar-refractivity contribution is 5.94. The van der Waals surface area contributed by atoms with Crippen LogP contribution in [0.2, 0.25) is 0 Å². The van der Waals surface area contributed by atoms with E-state index in [1.54, 1.807) is 6.07 Å². The molecule has 6 heteroatoms. The zero-order valence-corrected chi connectivity index (χ0v) is 18.4. The van der Waals surface area contributed by atoms with Gasteiger partial charge in [0.05, 0.1) is 13.2 Å². The molecular weight excluding hydrogens is 402 g/mol. The Kier molecular flexibility index (Phi) is 8.26. The minimum absolute atomic E-state index is 0.0487. The summed E-state index contributed by atoms with van der Waals surface area (Å²) >= 11 is 0. The molecule has 0 fully saturated rings. The Balaban J connectivity index is 1.42. The van der Waals surface area contributed by atoms with Crippen LogP contribution in [-0.4, -0.2) is 25.0 Å². The molecule has 6 nitrogen and oxygen atoms in total. The Hall–Kier alpha value is -3.80. The van der Waals surface area contributed by atoms with E-state index in [0.717, 1.165) is 17.9 Å². The van der Waals surface area contributed by atoms with E-state index in [4.69, 9.17) is 4.74 Å². The molecule has 3 N–H and O–H groups in total. The highest BCUT2D eigenvalue weighted by Crippen LogP contribution is 2.17. The highest BCUT2D eigenvalue weighted by Gasteiger charge is 2.08. The summed E-state index contributed by atoms with van der Waals surface area (Å²) in [6.07, 6.45) is 0.841. The van der Waals surface area contributed by atoms with Crippen molar-refractivity contribution in [2.75, 3.05) is 29.1 Å². The first-order chi connectivity index (χ1) is 15.5. The maximum Gasteiger partial charge on any atom is 0.243 e. The lowest BCUT2D eigenvalue weighted by Crippen LogP contribution is -2.22. The van der Waals surface area contributed by atoms with Gasteiger partial charge in [0.2, 0.25) is 11.8 Å². The molecule has 3 rings (SSSR count). The predicted octanol–water partition coefficient (Wildman–Crippen LogP) is 4.95. The van der Waals surface area contributed by atoms with Crippen molar-refractivity contribution >= 4 is 28.9 Å². The summed E-state index contributed by atoms with van der Waals surface area (Å²) in [5.41, 5.74) is 3.38. The van der Waals surface area contributed by atoms with Gasteiger partial charge in [-0.15, -0.1) is 0 Å². The fourth-order valence-corrected chi connectivity index (χ4v) is 2.95. The van der Waals surface area contributed by atoms with Gasteiger partial charge < -0.3 is 20.7 Å². The van der Waals surface area contributed by atoms with E-state index >= 15 is 0 Å². The van der Waals surface area contributed by atoms with Crippen molar-refractivity contribution < 1.29 is 14.3 Å². The Bertz CT molecular complexity index is 1020. The summed E-state index contributed by atoms with van der Waals surface area (Å²) in [4.78, 5) is 24.1. The lowest BCUT2D eigenvalue weighted by atomic mass is 10.2. The number of ether oxygens (including phenoxy) is 1. The second-order valence-electron chi connectivity index (χ2n) is 7.73. The molecule has 2 amide bonds. The molecule has 32 heavy (non-hydrogen) atoms. The third-order valence-electron chi connectivity index (χ3n) is 4.75. The van der Waals surface area contributed by atoms with Crippen molar-refractivity contribution in [2.45, 2.75) is 20.3 Å². The average Bonchev–Trinajstić information content (AvgIpc) is 2.80. The lowest BCUT2D eigenvalue weighted by Gasteiger charge is -2.11. The standard InChI is InChI=1S/C26H29N3O3/c1-19(2)26(31)29-23-10-6-9-22(17-23)27-18-25(30)28-21-11-13-24(14-12-21)32-16-15-20-7-4-3-5-8-20/h3-14,17,19,27H,15-16,18H2,1-2H3,(H,28,30)(H,29,31). The maximum atomic E-state index is 12.3. The van der Waals surface area contributed by atoms with Crippen LogP contribution in [0.25, 0.3) is 0 Å². The minimum Gasteiger partial charge on any atom is -0.493 e. The van der Waals surface area contributed by atoms with Crippen LogP contribution in [0.5, 0.6) is 5.75 Å². The van der Waals surface area contributed by atoms with Gasteiger partial charge in [-0.25, -0.2) is 0 Å². The molecule has 0 heterocycles. The van der Waals surface area contributed by atoms with Crippen molar-refractivity contribution in [3.63, 3.8) is 0 Å². The molecular formula is C26H29N3O3. The molecule has 0 aliphatic rings. The zero-order valence-electron chi connectivity index (χ0n) is 18.4. The van der Waals surface area contributed by atoms with Crippen LogP contribution in [0.1, 0.15) is 19.4 Å². The maximum absolute atomic E-state index is 12.3. The lowest BCUT2D eigenvalue weighted by molar-refractivity contribution is -0.119. The van der Waals surface area contributed by atoms with Gasteiger partial charge in [-0.1, -0.05) is 50.2 Å². The molecule has 0 aliphatic heterocycles. The largest absolute Gasteiger partial charge is 0.493 e. The first-order valence-electron chi connectivity index (χ1n) is 10.7. The summed E-state index contributed by atoms with van der Waals surface area (Å²) in [6, 6.07) is 24.8. The summed E-state index contributed by atoms with van der Waals surface area (Å²) in [7, 11) is 0. The van der Waals surface area contributed by atoms with Gasteiger partial charge >= 0.3 is 0 Å². The van der Waals surface area contributed by atoms with Gasteiger partial charge in [0, 0.05) is 29.4 Å². The van der Waals surface area contributed by atoms with Gasteiger partial charge in [0.1, 0.15) is 5.75 Å². The second-order valence-corrected chi connectivity index (χ2v) is 7.73. The van der Waals surface area contributed by atoms with Gasteiger partial charge in [0.25, 0.3) is 0 Å². The molecule has 0 bridgehead atoms. The van der Waals surface area contributed by atoms with Crippen LogP contribution in [0.3, 0.4) is 0 Å². The minimum atomic E-state index is -0.167. The van der Waals surface area contributed by atoms with E-state index < -0.39 is 0 Å². The molecule has 3 aromatic carbocycles. The van der Waals surface area contributed by atoms with Crippen molar-refractivity contribution in [3.05, 3.63) is 84.4 Å². The smallest absolute Gasteiger partial charge is 0.243 e. The molecule has 0 saturated heterocycles. The SMILES string of the molecule is CC(C)C(=O)Nc1cccc(NCC(=O)Nc2ccc(OCCc3ccccc3)cc2)c1. The number of carbonyl (C=O) groups is 2. The van der Waals surface area contributed by atoms with Crippen LogP contribution in [0.15, 0.2) is 78.9 Å². The first kappa shape index (κ1) is 22.9. The Morgan fingerprint density at radius 2 is 1.53 bits per heavy atom. The number of hydrogen-bond acceptors (Lipinski definition) is 4. The number of benzene rings is 3. The Labute approximate surface area is 189 Å². The Morgan fingerprint density at radius 1 is 0.812 bits per heavy atom. The number of amides is 2. The molecule has 0 spiro atoms. The molecule has 0 aliphatic carbocycles. The van der Waals surface area contributed by atoms with Gasteiger partial charge in [-0.05, 0) is 48.0 Å². The van der Waals surface area contributed by atoms with Crippen LogP contribution < -0.4 is 20.7 Å². The molecule has 0 unspecified atom stereocenters. The van der Waals surface area contributed by atoms with E-state index in [0.29, 0.717) is 18.0 Å². The zero-order chi connectivity index (χ0) is 22.8. The Morgan fingerprint density at radius 3 is 2.25 bits per heavy atom. The van der Waals surface area contributed by atoms with E-state index in [1.165, 1.54) is 5.56 Å². The topological polar surface area (TPSA) is 79.5 Å². The quantitative estimate of drug-likeness (QED) is 0.424. The normalized spacial score (nSPS) is 10.5. The van der Waals surface area contributed by atoms with Crippen molar-refractivity contribution in [1.82, 2.24) is 0 Å². The molecule has 0 aromatic heterocycles. The van der Waals surface area contributed by atoms with Crippen LogP contribution in [0, 0.1) is 5.92 Å². The van der Waals surface area contributed by atoms with E-state index in [2.05, 4.69) is 28.1 Å². The summed E-state index contributed by atoms with van der Waals surface area (Å²) in [5, 5.41) is 8.78. The average molecular weight is 432 g/mol. The van der Waals surface area contributed by atoms with Gasteiger partial charge in [-0.3, -0.25) is 9.59 Å².